The van der Waals surface area contributed by atoms with Gasteiger partial charge in [-0.15, -0.1) is 0 Å². The molecule has 2 amide bonds. The minimum atomic E-state index is -0.584. The number of likely N-dealkylation sites (tertiary alicyclic amines) is 1. The van der Waals surface area contributed by atoms with Gasteiger partial charge in [0.1, 0.15) is 30.6 Å². The van der Waals surface area contributed by atoms with E-state index in [0.717, 1.165) is 24.2 Å². The van der Waals surface area contributed by atoms with Gasteiger partial charge in [-0.25, -0.2) is 15.0 Å². The maximum atomic E-state index is 13.3. The smallest absolute Gasteiger partial charge is 0.248 e. The van der Waals surface area contributed by atoms with Crippen LogP contribution in [0.25, 0.3) is 0 Å². The molecular weight excluding hydrogens is 432 g/mol. The molecule has 1 aliphatic carbocycles. The lowest BCUT2D eigenvalue weighted by Gasteiger charge is -2.29. The highest BCUT2D eigenvalue weighted by Gasteiger charge is 2.38. The van der Waals surface area contributed by atoms with E-state index >= 15 is 0 Å². The molecule has 182 valence electrons. The molecule has 0 bridgehead atoms. The van der Waals surface area contributed by atoms with Crippen LogP contribution in [0.3, 0.4) is 0 Å². The standard InChI is InChI=1S/C24H34N8O2/c1-15(2)21(27-12-16(3)31-25)24(34)32-11-5-6-20(32)23(33)30-17(4)18-7-9-19(10-8-18)22-28-13-26-14-29-22/h7-9,12-15,17,19-21H,5-6,10-11,25H2,1-4H3,(H,30,33)/b27-12?,31-16-/t17-,19?,20-,21-/m0/s1. The Kier molecular flexibility index (Phi) is 8.61. The Hall–Kier alpha value is -3.43. The van der Waals surface area contributed by atoms with Crippen LogP contribution < -0.4 is 11.2 Å². The number of aromatic nitrogens is 3. The number of nitrogens with two attached hydrogens (primary N) is 1. The van der Waals surface area contributed by atoms with Gasteiger partial charge in [0.25, 0.3) is 0 Å². The van der Waals surface area contributed by atoms with E-state index in [1.54, 1.807) is 11.8 Å². The third kappa shape index (κ3) is 6.12. The summed E-state index contributed by atoms with van der Waals surface area (Å²) in [7, 11) is 0. The van der Waals surface area contributed by atoms with Crippen molar-refractivity contribution >= 4 is 23.7 Å². The average molecular weight is 467 g/mol. The van der Waals surface area contributed by atoms with Gasteiger partial charge >= 0.3 is 0 Å². The molecule has 3 rings (SSSR count). The van der Waals surface area contributed by atoms with Crippen molar-refractivity contribution in [3.63, 3.8) is 0 Å². The number of rotatable bonds is 8. The maximum absolute atomic E-state index is 13.3. The molecule has 34 heavy (non-hydrogen) atoms. The first-order valence-electron chi connectivity index (χ1n) is 11.7. The Bertz CT molecular complexity index is 986. The lowest BCUT2D eigenvalue weighted by Crippen LogP contribution is -2.51. The monoisotopic (exact) mass is 466 g/mol. The zero-order valence-electron chi connectivity index (χ0n) is 20.3. The van der Waals surface area contributed by atoms with Gasteiger partial charge in [-0.05, 0) is 44.6 Å². The van der Waals surface area contributed by atoms with Crippen molar-refractivity contribution in [2.75, 3.05) is 6.54 Å². The van der Waals surface area contributed by atoms with Gasteiger partial charge in [0.2, 0.25) is 11.8 Å². The van der Waals surface area contributed by atoms with Gasteiger partial charge in [-0.3, -0.25) is 14.6 Å². The summed E-state index contributed by atoms with van der Waals surface area (Å²) in [5, 5.41) is 6.67. The van der Waals surface area contributed by atoms with Gasteiger partial charge < -0.3 is 16.1 Å². The van der Waals surface area contributed by atoms with Crippen LogP contribution in [0.15, 0.2) is 46.5 Å². The number of hydrogen-bond donors (Lipinski definition) is 2. The fraction of sp³-hybridized carbons (Fsp3) is 0.542. The fourth-order valence-corrected chi connectivity index (χ4v) is 4.20. The van der Waals surface area contributed by atoms with Crippen LogP contribution in [0.2, 0.25) is 0 Å². The number of amides is 2. The fourth-order valence-electron chi connectivity index (χ4n) is 4.20. The number of carbonyl (C=O) groups excluding carboxylic acids is 2. The van der Waals surface area contributed by atoms with Gasteiger partial charge in [-0.1, -0.05) is 32.1 Å². The maximum Gasteiger partial charge on any atom is 0.248 e. The molecule has 0 aromatic carbocycles. The lowest BCUT2D eigenvalue weighted by molar-refractivity contribution is -0.140. The number of nitrogens with zero attached hydrogens (tertiary/aromatic N) is 6. The van der Waals surface area contributed by atoms with E-state index in [1.807, 2.05) is 26.8 Å². The molecule has 2 aliphatic rings. The minimum Gasteiger partial charge on any atom is -0.348 e. The van der Waals surface area contributed by atoms with Crippen LogP contribution in [-0.2, 0) is 9.59 Å². The summed E-state index contributed by atoms with van der Waals surface area (Å²) >= 11 is 0. The minimum absolute atomic E-state index is 0.0209. The van der Waals surface area contributed by atoms with E-state index in [2.05, 4.69) is 42.5 Å². The largest absolute Gasteiger partial charge is 0.348 e. The second-order valence-electron chi connectivity index (χ2n) is 9.06. The molecule has 1 unspecified atom stereocenters. The number of hydrazone groups is 1. The summed E-state index contributed by atoms with van der Waals surface area (Å²) in [6.45, 7) is 8.10. The number of aliphatic imine (C=N–C) groups is 1. The summed E-state index contributed by atoms with van der Waals surface area (Å²) in [5.74, 6) is 5.79. The van der Waals surface area contributed by atoms with E-state index in [4.69, 9.17) is 5.84 Å². The Balaban J connectivity index is 1.62. The van der Waals surface area contributed by atoms with Gasteiger partial charge in [0.05, 0.1) is 11.8 Å². The van der Waals surface area contributed by atoms with Crippen LogP contribution >= 0.6 is 0 Å². The van der Waals surface area contributed by atoms with Crippen molar-refractivity contribution in [2.24, 2.45) is 21.9 Å². The van der Waals surface area contributed by atoms with E-state index in [0.29, 0.717) is 18.7 Å². The summed E-state index contributed by atoms with van der Waals surface area (Å²) in [4.78, 5) is 44.8. The van der Waals surface area contributed by atoms with E-state index in [1.165, 1.54) is 18.9 Å². The third-order valence-corrected chi connectivity index (χ3v) is 6.18. The molecule has 0 saturated carbocycles. The molecule has 10 heteroatoms. The summed E-state index contributed by atoms with van der Waals surface area (Å²) in [6.07, 6.45) is 12.8. The summed E-state index contributed by atoms with van der Waals surface area (Å²) in [5.41, 5.74) is 1.56. The van der Waals surface area contributed by atoms with Crippen LogP contribution in [-0.4, -0.2) is 68.3 Å². The lowest BCUT2D eigenvalue weighted by atomic mass is 9.93. The third-order valence-electron chi connectivity index (χ3n) is 6.18. The van der Waals surface area contributed by atoms with Crippen LogP contribution in [0, 0.1) is 5.92 Å². The van der Waals surface area contributed by atoms with E-state index in [9.17, 15) is 9.59 Å². The SMILES string of the molecule is C/C(C=N[C@H](C(=O)N1CCC[C@H]1C(=O)N[C@@H](C)C1=CCC(c2ncncn2)C=C1)C(C)C)=N/N. The second kappa shape index (κ2) is 11.6. The molecule has 0 spiro atoms. The molecule has 2 heterocycles. The molecule has 1 saturated heterocycles. The van der Waals surface area contributed by atoms with Crippen molar-refractivity contribution in [3.05, 3.63) is 42.3 Å². The first-order chi connectivity index (χ1) is 16.3. The molecule has 1 aliphatic heterocycles. The van der Waals surface area contributed by atoms with Gasteiger partial charge in [0, 0.05) is 18.7 Å². The average Bonchev–Trinajstić information content (AvgIpc) is 3.34. The zero-order valence-corrected chi connectivity index (χ0v) is 20.3. The van der Waals surface area contributed by atoms with Crippen molar-refractivity contribution in [1.82, 2.24) is 25.2 Å². The highest BCUT2D eigenvalue weighted by Crippen LogP contribution is 2.26. The van der Waals surface area contributed by atoms with Gasteiger partial charge in [-0.2, -0.15) is 5.10 Å². The first-order valence-corrected chi connectivity index (χ1v) is 11.7. The number of carbonyl (C=O) groups is 2. The van der Waals surface area contributed by atoms with Crippen LogP contribution in [0.1, 0.15) is 58.7 Å². The molecule has 1 fully saturated rings. The van der Waals surface area contributed by atoms with Crippen LogP contribution in [0.5, 0.6) is 0 Å². The first kappa shape index (κ1) is 25.2. The second-order valence-corrected chi connectivity index (χ2v) is 9.06. The Morgan fingerprint density at radius 3 is 2.62 bits per heavy atom. The molecule has 3 N–H and O–H groups in total. The predicted molar refractivity (Wildman–Crippen MR) is 131 cm³/mol. The molecule has 1 aromatic rings. The topological polar surface area (TPSA) is 139 Å². The van der Waals surface area contributed by atoms with E-state index < -0.39 is 12.1 Å². The van der Waals surface area contributed by atoms with Crippen molar-refractivity contribution < 1.29 is 9.59 Å². The van der Waals surface area contributed by atoms with Crippen molar-refractivity contribution in [2.45, 2.75) is 71.0 Å². The summed E-state index contributed by atoms with van der Waals surface area (Å²) < 4.78 is 0. The predicted octanol–water partition coefficient (Wildman–Crippen LogP) is 1.77. The Labute approximate surface area is 200 Å². The molecule has 10 nitrogen and oxygen atoms in total. The number of allylic oxidation sites excluding steroid dienone is 2. The molecule has 4 atom stereocenters. The number of nitrogens with one attached hydrogen (secondary N) is 1. The van der Waals surface area contributed by atoms with E-state index in [-0.39, 0.29) is 29.7 Å². The van der Waals surface area contributed by atoms with Crippen molar-refractivity contribution in [3.8, 4) is 0 Å². The molecule has 1 aromatic heterocycles. The number of hydrogen-bond acceptors (Lipinski definition) is 8. The highest BCUT2D eigenvalue weighted by molar-refractivity contribution is 6.29. The molecular formula is C24H34N8O2. The summed E-state index contributed by atoms with van der Waals surface area (Å²) in [6, 6.07) is -1.26. The Morgan fingerprint density at radius 2 is 2.00 bits per heavy atom. The normalized spacial score (nSPS) is 22.7. The van der Waals surface area contributed by atoms with Gasteiger partial charge in [0.15, 0.2) is 0 Å². The quantitative estimate of drug-likeness (QED) is 0.340. The van der Waals surface area contributed by atoms with Crippen LogP contribution in [0.4, 0.5) is 0 Å². The Morgan fingerprint density at radius 1 is 1.26 bits per heavy atom. The van der Waals surface area contributed by atoms with Crippen molar-refractivity contribution in [1.29, 1.82) is 0 Å². The molecule has 0 radical (unpaired) electrons. The highest BCUT2D eigenvalue weighted by atomic mass is 16.2. The zero-order chi connectivity index (χ0) is 24.7.